The summed E-state index contributed by atoms with van der Waals surface area (Å²) in [5, 5.41) is 0. The van der Waals surface area contributed by atoms with Gasteiger partial charge in [0.2, 0.25) is 5.91 Å². The monoisotopic (exact) mass is 350 g/mol. The molecule has 0 fully saturated rings. The van der Waals surface area contributed by atoms with Crippen molar-refractivity contribution in [1.82, 2.24) is 0 Å². The molecule has 5 nitrogen and oxygen atoms in total. The number of esters is 1. The molecular weight excluding hydrogens is 328 g/mol. The van der Waals surface area contributed by atoms with E-state index in [9.17, 15) is 9.59 Å². The van der Waals surface area contributed by atoms with Crippen molar-refractivity contribution in [2.75, 3.05) is 18.0 Å². The minimum atomic E-state index is -0.600. The Labute approximate surface area is 153 Å². The Balaban J connectivity index is 1.98. The van der Waals surface area contributed by atoms with E-state index >= 15 is 0 Å². The van der Waals surface area contributed by atoms with E-state index in [0.29, 0.717) is 5.69 Å². The summed E-state index contributed by atoms with van der Waals surface area (Å²) >= 11 is 0. The summed E-state index contributed by atoms with van der Waals surface area (Å²) in [6.07, 6.45) is 0. The quantitative estimate of drug-likeness (QED) is 0.799. The van der Waals surface area contributed by atoms with E-state index in [2.05, 4.69) is 4.99 Å². The van der Waals surface area contributed by atoms with Gasteiger partial charge in [-0.1, -0.05) is 48.5 Å². The molecule has 0 N–H and O–H groups in total. The third kappa shape index (κ3) is 3.99. The normalized spacial score (nSPS) is 14.3. The summed E-state index contributed by atoms with van der Waals surface area (Å²) in [4.78, 5) is 30.9. The molecule has 0 radical (unpaired) electrons. The lowest BCUT2D eigenvalue weighted by molar-refractivity contribution is -0.153. The second kappa shape index (κ2) is 7.12. The second-order valence-electron chi connectivity index (χ2n) is 7.11. The molecule has 0 aliphatic carbocycles. The summed E-state index contributed by atoms with van der Waals surface area (Å²) in [5.41, 5.74) is 2.58. The smallest absolute Gasteiger partial charge is 0.326 e. The highest BCUT2D eigenvalue weighted by molar-refractivity contribution is 6.20. The molecule has 0 saturated carbocycles. The van der Waals surface area contributed by atoms with Crippen LogP contribution in [0.3, 0.4) is 0 Å². The van der Waals surface area contributed by atoms with E-state index in [4.69, 9.17) is 4.74 Å². The second-order valence-corrected chi connectivity index (χ2v) is 7.11. The van der Waals surface area contributed by atoms with E-state index in [-0.39, 0.29) is 19.0 Å². The molecule has 0 aromatic heterocycles. The van der Waals surface area contributed by atoms with E-state index < -0.39 is 11.6 Å². The molecular formula is C21H22N2O3. The number of hydrogen-bond donors (Lipinski definition) is 0. The molecule has 26 heavy (non-hydrogen) atoms. The largest absolute Gasteiger partial charge is 0.459 e. The molecule has 1 heterocycles. The van der Waals surface area contributed by atoms with Gasteiger partial charge in [0, 0.05) is 11.1 Å². The summed E-state index contributed by atoms with van der Waals surface area (Å²) in [6.45, 7) is 5.27. The maximum absolute atomic E-state index is 12.7. The number of nitrogens with zero attached hydrogens (tertiary/aromatic N) is 2. The van der Waals surface area contributed by atoms with Crippen LogP contribution < -0.4 is 4.90 Å². The van der Waals surface area contributed by atoms with E-state index in [0.717, 1.165) is 16.8 Å². The van der Waals surface area contributed by atoms with Crippen molar-refractivity contribution in [3.8, 4) is 0 Å². The number of benzene rings is 2. The highest BCUT2D eigenvalue weighted by Gasteiger charge is 2.28. The molecule has 5 heteroatoms. The molecule has 2 aromatic carbocycles. The van der Waals surface area contributed by atoms with Gasteiger partial charge in [-0.3, -0.25) is 19.5 Å². The van der Waals surface area contributed by atoms with E-state index in [1.54, 1.807) is 20.8 Å². The molecule has 1 aliphatic rings. The lowest BCUT2D eigenvalue weighted by Gasteiger charge is -2.25. The van der Waals surface area contributed by atoms with Gasteiger partial charge < -0.3 is 4.74 Å². The lowest BCUT2D eigenvalue weighted by Crippen LogP contribution is -2.39. The number of carbonyl (C=O) groups is 2. The summed E-state index contributed by atoms with van der Waals surface area (Å²) in [6, 6.07) is 17.2. The Bertz CT molecular complexity index is 851. The van der Waals surface area contributed by atoms with Gasteiger partial charge in [0.1, 0.15) is 18.7 Å². The van der Waals surface area contributed by atoms with Crippen LogP contribution in [0.1, 0.15) is 31.9 Å². The van der Waals surface area contributed by atoms with Crippen molar-refractivity contribution in [2.45, 2.75) is 26.4 Å². The number of benzodiazepines with no additional fused rings is 1. The van der Waals surface area contributed by atoms with Gasteiger partial charge in [0.15, 0.2) is 0 Å². The zero-order valence-corrected chi connectivity index (χ0v) is 15.2. The van der Waals surface area contributed by atoms with Gasteiger partial charge in [-0.2, -0.15) is 0 Å². The molecule has 3 rings (SSSR count). The zero-order valence-electron chi connectivity index (χ0n) is 15.2. The van der Waals surface area contributed by atoms with Crippen LogP contribution in [0.4, 0.5) is 5.69 Å². The number of ether oxygens (including phenoxy) is 1. The maximum Gasteiger partial charge on any atom is 0.326 e. The third-order valence-corrected chi connectivity index (χ3v) is 3.88. The SMILES string of the molecule is CC(C)(C)OC(=O)CN1C(=O)CN=C(c2ccccc2)c2ccccc21. The third-order valence-electron chi connectivity index (χ3n) is 3.88. The fourth-order valence-electron chi connectivity index (χ4n) is 2.88. The maximum atomic E-state index is 12.7. The minimum absolute atomic E-state index is 0.0122. The fourth-order valence-corrected chi connectivity index (χ4v) is 2.88. The number of fused-ring (bicyclic) bond motifs is 1. The molecule has 0 saturated heterocycles. The van der Waals surface area contributed by atoms with Crippen molar-refractivity contribution < 1.29 is 14.3 Å². The highest BCUT2D eigenvalue weighted by Crippen LogP contribution is 2.27. The predicted molar refractivity (Wildman–Crippen MR) is 102 cm³/mol. The van der Waals surface area contributed by atoms with Crippen LogP contribution in [-0.2, 0) is 14.3 Å². The first kappa shape index (κ1) is 17.9. The summed E-state index contributed by atoms with van der Waals surface area (Å²) in [5.74, 6) is -0.668. The van der Waals surface area contributed by atoms with Gasteiger partial charge in [-0.15, -0.1) is 0 Å². The van der Waals surface area contributed by atoms with Crippen molar-refractivity contribution >= 4 is 23.3 Å². The standard InChI is InChI=1S/C21H22N2O3/c1-21(2,3)26-19(25)14-23-17-12-8-7-11-16(17)20(22-13-18(23)24)15-9-5-4-6-10-15/h4-12H,13-14H2,1-3H3. The number of carbonyl (C=O) groups excluding carboxylic acids is 2. The molecule has 1 amide bonds. The number of aliphatic imine (C=N–C) groups is 1. The van der Waals surface area contributed by atoms with Gasteiger partial charge in [0.25, 0.3) is 0 Å². The van der Waals surface area contributed by atoms with Gasteiger partial charge in [-0.25, -0.2) is 0 Å². The van der Waals surface area contributed by atoms with Gasteiger partial charge in [-0.05, 0) is 26.8 Å². The van der Waals surface area contributed by atoms with Crippen molar-refractivity contribution in [1.29, 1.82) is 0 Å². The predicted octanol–water partition coefficient (Wildman–Crippen LogP) is 3.21. The molecule has 0 bridgehead atoms. The van der Waals surface area contributed by atoms with Crippen molar-refractivity contribution in [2.24, 2.45) is 4.99 Å². The average Bonchev–Trinajstić information content (AvgIpc) is 2.72. The summed E-state index contributed by atoms with van der Waals surface area (Å²) < 4.78 is 5.39. The Morgan fingerprint density at radius 3 is 2.42 bits per heavy atom. The van der Waals surface area contributed by atoms with Crippen LogP contribution >= 0.6 is 0 Å². The molecule has 0 spiro atoms. The fraction of sp³-hybridized carbons (Fsp3) is 0.286. The molecule has 1 aliphatic heterocycles. The molecule has 2 aromatic rings. The molecule has 0 unspecified atom stereocenters. The number of anilines is 1. The number of rotatable bonds is 3. The van der Waals surface area contributed by atoms with Crippen LogP contribution in [0.2, 0.25) is 0 Å². The van der Waals surface area contributed by atoms with Crippen molar-refractivity contribution in [3.63, 3.8) is 0 Å². The Morgan fingerprint density at radius 2 is 1.73 bits per heavy atom. The average molecular weight is 350 g/mol. The summed E-state index contributed by atoms with van der Waals surface area (Å²) in [7, 11) is 0. The number of para-hydroxylation sites is 1. The Hall–Kier alpha value is -2.95. The number of amides is 1. The van der Waals surface area contributed by atoms with Crippen LogP contribution in [0.15, 0.2) is 59.6 Å². The number of hydrogen-bond acceptors (Lipinski definition) is 4. The van der Waals surface area contributed by atoms with Crippen molar-refractivity contribution in [3.05, 3.63) is 65.7 Å². The van der Waals surface area contributed by atoms with E-state index in [1.807, 2.05) is 54.6 Å². The Kier molecular flexibility index (Phi) is 4.89. The first-order valence-electron chi connectivity index (χ1n) is 8.56. The van der Waals surface area contributed by atoms with Gasteiger partial charge in [0.05, 0.1) is 11.4 Å². The van der Waals surface area contributed by atoms with Gasteiger partial charge >= 0.3 is 5.97 Å². The van der Waals surface area contributed by atoms with Crippen LogP contribution in [0.5, 0.6) is 0 Å². The Morgan fingerprint density at radius 1 is 1.08 bits per heavy atom. The first-order chi connectivity index (χ1) is 12.3. The van der Waals surface area contributed by atoms with Crippen LogP contribution in [0.25, 0.3) is 0 Å². The topological polar surface area (TPSA) is 59.0 Å². The van der Waals surface area contributed by atoms with E-state index in [1.165, 1.54) is 4.90 Å². The van der Waals surface area contributed by atoms with Crippen LogP contribution in [-0.4, -0.2) is 36.3 Å². The minimum Gasteiger partial charge on any atom is -0.459 e. The lowest BCUT2D eigenvalue weighted by atomic mass is 10.0. The van der Waals surface area contributed by atoms with Crippen LogP contribution in [0, 0.1) is 0 Å². The highest BCUT2D eigenvalue weighted by atomic mass is 16.6. The zero-order chi connectivity index (χ0) is 18.7. The first-order valence-corrected chi connectivity index (χ1v) is 8.56. The molecule has 0 atom stereocenters. The molecule has 134 valence electrons.